The Hall–Kier alpha value is -1.52. The van der Waals surface area contributed by atoms with Crippen LogP contribution >= 0.6 is 0 Å². The standard InChI is InChI=1S/C10H15N3O2/c1-4-13-7(2)9(15-10(13)14)8-5-11-6-12(8)3/h5-7,9H,4H2,1-3H3/t7-,9-/m0/s1. The molecule has 0 N–H and O–H groups in total. The Labute approximate surface area is 88.7 Å². The summed E-state index contributed by atoms with van der Waals surface area (Å²) in [4.78, 5) is 17.3. The second-order valence-corrected chi connectivity index (χ2v) is 3.76. The van der Waals surface area contributed by atoms with E-state index in [0.29, 0.717) is 6.54 Å². The molecule has 1 saturated heterocycles. The average molecular weight is 209 g/mol. The third kappa shape index (κ3) is 1.48. The minimum Gasteiger partial charge on any atom is -0.437 e. The van der Waals surface area contributed by atoms with Crippen molar-refractivity contribution in [1.29, 1.82) is 0 Å². The maximum absolute atomic E-state index is 11.5. The number of likely N-dealkylation sites (N-methyl/N-ethyl adjacent to an activating group) is 1. The van der Waals surface area contributed by atoms with Crippen LogP contribution in [-0.2, 0) is 11.8 Å². The van der Waals surface area contributed by atoms with Gasteiger partial charge in [-0.3, -0.25) is 0 Å². The SMILES string of the molecule is CCN1C(=O)O[C@H](c2cncn2C)[C@@H]1C. The van der Waals surface area contributed by atoms with E-state index in [-0.39, 0.29) is 18.2 Å². The van der Waals surface area contributed by atoms with E-state index >= 15 is 0 Å². The van der Waals surface area contributed by atoms with Crippen molar-refractivity contribution in [3.05, 3.63) is 18.2 Å². The highest BCUT2D eigenvalue weighted by Gasteiger charge is 2.39. The minimum absolute atomic E-state index is 0.0675. The quantitative estimate of drug-likeness (QED) is 0.738. The number of imidazole rings is 1. The molecule has 1 aliphatic heterocycles. The molecule has 0 aromatic carbocycles. The molecular weight excluding hydrogens is 194 g/mol. The first-order valence-corrected chi connectivity index (χ1v) is 5.08. The van der Waals surface area contributed by atoms with Crippen LogP contribution in [0.4, 0.5) is 4.79 Å². The number of nitrogens with zero attached hydrogens (tertiary/aromatic N) is 3. The number of hydrogen-bond donors (Lipinski definition) is 0. The second kappa shape index (κ2) is 3.56. The minimum atomic E-state index is -0.240. The summed E-state index contributed by atoms with van der Waals surface area (Å²) in [5.41, 5.74) is 0.937. The van der Waals surface area contributed by atoms with E-state index in [1.165, 1.54) is 0 Å². The number of carbonyl (C=O) groups is 1. The summed E-state index contributed by atoms with van der Waals surface area (Å²) in [7, 11) is 1.90. The molecule has 0 aliphatic carbocycles. The van der Waals surface area contributed by atoms with Crippen LogP contribution in [0.15, 0.2) is 12.5 Å². The molecule has 2 heterocycles. The smallest absolute Gasteiger partial charge is 0.410 e. The Kier molecular flexibility index (Phi) is 2.38. The molecular formula is C10H15N3O2. The summed E-state index contributed by atoms with van der Waals surface area (Å²) in [6.07, 6.45) is 3.01. The van der Waals surface area contributed by atoms with Crippen molar-refractivity contribution in [3.8, 4) is 0 Å². The highest BCUT2D eigenvalue weighted by Crippen LogP contribution is 2.31. The summed E-state index contributed by atoms with van der Waals surface area (Å²) in [6.45, 7) is 4.61. The lowest BCUT2D eigenvalue weighted by molar-refractivity contribution is 0.127. The Morgan fingerprint density at radius 3 is 2.80 bits per heavy atom. The summed E-state index contributed by atoms with van der Waals surface area (Å²) >= 11 is 0. The number of aryl methyl sites for hydroxylation is 1. The van der Waals surface area contributed by atoms with Crippen molar-refractivity contribution in [2.24, 2.45) is 7.05 Å². The molecule has 1 aromatic heterocycles. The van der Waals surface area contributed by atoms with Crippen LogP contribution in [0.3, 0.4) is 0 Å². The second-order valence-electron chi connectivity index (χ2n) is 3.76. The van der Waals surface area contributed by atoms with Crippen LogP contribution in [-0.4, -0.2) is 33.1 Å². The van der Waals surface area contributed by atoms with E-state index in [0.717, 1.165) is 5.69 Å². The number of amides is 1. The Balaban J connectivity index is 2.26. The molecule has 5 heteroatoms. The third-order valence-electron chi connectivity index (χ3n) is 2.88. The van der Waals surface area contributed by atoms with Gasteiger partial charge in [0.2, 0.25) is 0 Å². The normalized spacial score (nSPS) is 25.8. The lowest BCUT2D eigenvalue weighted by Gasteiger charge is -2.18. The van der Waals surface area contributed by atoms with Gasteiger partial charge in [-0.05, 0) is 13.8 Å². The fourth-order valence-corrected chi connectivity index (χ4v) is 1.97. The Bertz CT molecular complexity index is 374. The summed E-state index contributed by atoms with van der Waals surface area (Å²) in [5, 5.41) is 0. The highest BCUT2D eigenvalue weighted by atomic mass is 16.6. The molecule has 1 fully saturated rings. The van der Waals surface area contributed by atoms with Gasteiger partial charge in [-0.15, -0.1) is 0 Å². The van der Waals surface area contributed by atoms with E-state index < -0.39 is 0 Å². The van der Waals surface area contributed by atoms with Crippen LogP contribution in [0, 0.1) is 0 Å². The van der Waals surface area contributed by atoms with Gasteiger partial charge in [-0.25, -0.2) is 9.78 Å². The van der Waals surface area contributed by atoms with Gasteiger partial charge in [0.15, 0.2) is 6.10 Å². The van der Waals surface area contributed by atoms with Gasteiger partial charge in [0, 0.05) is 13.6 Å². The van der Waals surface area contributed by atoms with Crippen LogP contribution in [0.1, 0.15) is 25.6 Å². The maximum Gasteiger partial charge on any atom is 0.410 e. The van der Waals surface area contributed by atoms with E-state index in [2.05, 4.69) is 4.98 Å². The van der Waals surface area contributed by atoms with Gasteiger partial charge >= 0.3 is 6.09 Å². The predicted octanol–water partition coefficient (Wildman–Crippen LogP) is 1.32. The van der Waals surface area contributed by atoms with Gasteiger partial charge in [0.1, 0.15) is 0 Å². The first-order valence-electron chi connectivity index (χ1n) is 5.08. The number of hydrogen-bond acceptors (Lipinski definition) is 3. The van der Waals surface area contributed by atoms with Crippen molar-refractivity contribution in [2.75, 3.05) is 6.54 Å². The molecule has 0 unspecified atom stereocenters. The molecule has 1 aromatic rings. The van der Waals surface area contributed by atoms with Crippen molar-refractivity contribution < 1.29 is 9.53 Å². The fraction of sp³-hybridized carbons (Fsp3) is 0.600. The highest BCUT2D eigenvalue weighted by molar-refractivity contribution is 5.70. The molecule has 1 amide bonds. The summed E-state index contributed by atoms with van der Waals surface area (Å²) < 4.78 is 7.21. The molecule has 2 atom stereocenters. The monoisotopic (exact) mass is 209 g/mol. The molecule has 15 heavy (non-hydrogen) atoms. The van der Waals surface area contributed by atoms with Crippen molar-refractivity contribution >= 4 is 6.09 Å². The summed E-state index contributed by atoms with van der Waals surface area (Å²) in [6, 6.07) is 0.0675. The molecule has 0 bridgehead atoms. The zero-order chi connectivity index (χ0) is 11.0. The topological polar surface area (TPSA) is 47.4 Å². The van der Waals surface area contributed by atoms with E-state index in [1.54, 1.807) is 17.4 Å². The van der Waals surface area contributed by atoms with Crippen LogP contribution < -0.4 is 0 Å². The van der Waals surface area contributed by atoms with Crippen molar-refractivity contribution in [2.45, 2.75) is 26.0 Å². The van der Waals surface area contributed by atoms with E-state index in [1.807, 2.05) is 25.5 Å². The summed E-state index contributed by atoms with van der Waals surface area (Å²) in [5.74, 6) is 0. The first-order chi connectivity index (χ1) is 7.15. The largest absolute Gasteiger partial charge is 0.437 e. The average Bonchev–Trinajstić information content (AvgIpc) is 2.71. The molecule has 5 nitrogen and oxygen atoms in total. The van der Waals surface area contributed by atoms with Gasteiger partial charge in [0.05, 0.1) is 24.3 Å². The molecule has 82 valence electrons. The number of rotatable bonds is 2. The van der Waals surface area contributed by atoms with Gasteiger partial charge in [-0.2, -0.15) is 0 Å². The van der Waals surface area contributed by atoms with E-state index in [9.17, 15) is 4.79 Å². The van der Waals surface area contributed by atoms with Crippen LogP contribution in [0.25, 0.3) is 0 Å². The van der Waals surface area contributed by atoms with Crippen LogP contribution in [0.2, 0.25) is 0 Å². The van der Waals surface area contributed by atoms with Gasteiger partial charge in [0.25, 0.3) is 0 Å². The Morgan fingerprint density at radius 1 is 1.60 bits per heavy atom. The predicted molar refractivity (Wildman–Crippen MR) is 54.3 cm³/mol. The number of cyclic esters (lactones) is 1. The molecule has 0 radical (unpaired) electrons. The number of ether oxygens (including phenoxy) is 1. The zero-order valence-electron chi connectivity index (χ0n) is 9.17. The number of aromatic nitrogens is 2. The first kappa shape index (κ1) is 10.0. The van der Waals surface area contributed by atoms with E-state index in [4.69, 9.17) is 4.74 Å². The van der Waals surface area contributed by atoms with Crippen molar-refractivity contribution in [3.63, 3.8) is 0 Å². The fourth-order valence-electron chi connectivity index (χ4n) is 1.97. The zero-order valence-corrected chi connectivity index (χ0v) is 9.17. The Morgan fingerprint density at radius 2 is 2.33 bits per heavy atom. The van der Waals surface area contributed by atoms with Gasteiger partial charge in [-0.1, -0.05) is 0 Å². The van der Waals surface area contributed by atoms with Gasteiger partial charge < -0.3 is 14.2 Å². The molecule has 0 spiro atoms. The van der Waals surface area contributed by atoms with Crippen molar-refractivity contribution in [1.82, 2.24) is 14.5 Å². The van der Waals surface area contributed by atoms with Crippen LogP contribution in [0.5, 0.6) is 0 Å². The molecule has 0 saturated carbocycles. The molecule has 1 aliphatic rings. The third-order valence-corrected chi connectivity index (χ3v) is 2.88. The number of carbonyl (C=O) groups excluding carboxylic acids is 1. The lowest BCUT2D eigenvalue weighted by atomic mass is 10.1. The lowest BCUT2D eigenvalue weighted by Crippen LogP contribution is -2.31. The molecule has 2 rings (SSSR count). The maximum atomic E-state index is 11.5.